The van der Waals surface area contributed by atoms with Gasteiger partial charge in [0.15, 0.2) is 0 Å². The van der Waals surface area contributed by atoms with E-state index in [1.165, 1.54) is 12.1 Å². The van der Waals surface area contributed by atoms with Crippen LogP contribution in [0.15, 0.2) is 69.4 Å². The van der Waals surface area contributed by atoms with Crippen molar-refractivity contribution < 1.29 is 62.2 Å². The predicted octanol–water partition coefficient (Wildman–Crippen LogP) is 13.0. The van der Waals surface area contributed by atoms with Crippen molar-refractivity contribution in [1.29, 1.82) is 0 Å². The van der Waals surface area contributed by atoms with E-state index in [0.29, 0.717) is 67.6 Å². The summed E-state index contributed by atoms with van der Waals surface area (Å²) in [5.41, 5.74) is -1.15. The van der Waals surface area contributed by atoms with Crippen LogP contribution in [0.5, 0.6) is 11.5 Å². The number of thiophene rings is 2. The second-order valence-electron chi connectivity index (χ2n) is 10.5. The van der Waals surface area contributed by atoms with E-state index < -0.39 is 47.7 Å². The van der Waals surface area contributed by atoms with E-state index in [9.17, 15) is 52.7 Å². The molecule has 52 heavy (non-hydrogen) atoms. The molecular weight excluding hydrogens is 805 g/mol. The number of fused-ring (bicyclic) bond motifs is 2. The SMILES string of the molecule is FC(F)(F)Oc1cc(-c2ccc(-c3c4c(c(-c5ccc(-c6ccc(C(F)(F)F)c(OC(F)(F)F)c6)s5)c5nsnc35)N=S=N4)s2)ccc1C(F)(F)F. The standard InChI is InChI=1S/C30H10F12N4O2S4/c31-27(32,33)13-3-1-11(9-15(13)47-29(37,38)39)17-5-7-19(49-17)21-23-25(45-51-43-23)22(26-24(21)44-52-46-26)20-8-6-18(50-20)12-2-4-14(28(34,35)36)16(10-12)48-30(40,41)42/h1-10H. The summed E-state index contributed by atoms with van der Waals surface area (Å²) in [5, 5.41) is 0. The van der Waals surface area contributed by atoms with Crippen molar-refractivity contribution in [2.24, 2.45) is 8.73 Å². The van der Waals surface area contributed by atoms with Gasteiger partial charge in [-0.25, -0.2) is 0 Å². The van der Waals surface area contributed by atoms with E-state index in [2.05, 4.69) is 26.9 Å². The van der Waals surface area contributed by atoms with Gasteiger partial charge in [-0.2, -0.15) is 43.8 Å². The van der Waals surface area contributed by atoms with Crippen LogP contribution in [0.1, 0.15) is 11.1 Å². The van der Waals surface area contributed by atoms with E-state index in [1.54, 1.807) is 12.1 Å². The van der Waals surface area contributed by atoms with Gasteiger partial charge in [0, 0.05) is 30.6 Å². The molecule has 0 radical (unpaired) electrons. The van der Waals surface area contributed by atoms with Crippen LogP contribution in [-0.2, 0) is 23.7 Å². The summed E-state index contributed by atoms with van der Waals surface area (Å²) < 4.78 is 184. The first-order valence-electron chi connectivity index (χ1n) is 13.8. The first-order chi connectivity index (χ1) is 24.3. The normalized spacial score (nSPS) is 13.5. The lowest BCUT2D eigenvalue weighted by molar-refractivity contribution is -0.277. The molecule has 3 aromatic carbocycles. The molecule has 0 bridgehead atoms. The summed E-state index contributed by atoms with van der Waals surface area (Å²) in [7, 11) is 0. The second-order valence-corrected chi connectivity index (χ2v) is 13.7. The Morgan fingerprint density at radius 3 is 1.23 bits per heavy atom. The molecule has 6 aromatic rings. The Kier molecular flexibility index (Phi) is 8.65. The highest BCUT2D eigenvalue weighted by Gasteiger charge is 2.41. The largest absolute Gasteiger partial charge is 0.573 e. The molecular formula is C30H10F12N4O2S4. The fourth-order valence-electron chi connectivity index (χ4n) is 5.22. The average molecular weight is 815 g/mol. The number of hydrogen-bond donors (Lipinski definition) is 0. The van der Waals surface area contributed by atoms with Gasteiger partial charge in [0.1, 0.15) is 33.9 Å². The quantitative estimate of drug-likeness (QED) is 0.157. The molecule has 4 heterocycles. The topological polar surface area (TPSA) is 69.0 Å². The molecule has 0 unspecified atom stereocenters. The minimum atomic E-state index is -5.39. The van der Waals surface area contributed by atoms with Crippen LogP contribution in [0.3, 0.4) is 0 Å². The first kappa shape index (κ1) is 35.8. The Balaban J connectivity index is 1.29. The third-order valence-electron chi connectivity index (χ3n) is 7.22. The molecule has 6 nitrogen and oxygen atoms in total. The Bertz CT molecular complexity index is 2270. The van der Waals surface area contributed by atoms with Gasteiger partial charge in [0.05, 0.1) is 34.2 Å². The van der Waals surface area contributed by atoms with Gasteiger partial charge in [0.25, 0.3) is 0 Å². The highest BCUT2D eigenvalue weighted by Crippen LogP contribution is 2.55. The van der Waals surface area contributed by atoms with Crippen LogP contribution in [0.25, 0.3) is 52.8 Å². The number of ether oxygens (including phenoxy) is 2. The molecule has 1 aliphatic rings. The van der Waals surface area contributed by atoms with Crippen LogP contribution < -0.4 is 9.47 Å². The van der Waals surface area contributed by atoms with Gasteiger partial charge in [-0.05, 0) is 59.7 Å². The monoisotopic (exact) mass is 814 g/mol. The van der Waals surface area contributed by atoms with Crippen LogP contribution in [-0.4, -0.2) is 21.5 Å². The van der Waals surface area contributed by atoms with Gasteiger partial charge < -0.3 is 9.47 Å². The number of rotatable bonds is 6. The smallest absolute Gasteiger partial charge is 0.405 e. The van der Waals surface area contributed by atoms with Crippen molar-refractivity contribution in [3.63, 3.8) is 0 Å². The lowest BCUT2D eigenvalue weighted by Gasteiger charge is -2.16. The molecule has 0 fully saturated rings. The number of hydrogen-bond acceptors (Lipinski definition) is 9. The third-order valence-corrected chi connectivity index (χ3v) is 10.6. The van der Waals surface area contributed by atoms with Crippen LogP contribution >= 0.6 is 34.4 Å². The number of alkyl halides is 12. The van der Waals surface area contributed by atoms with Crippen LogP contribution in [0, 0.1) is 0 Å². The van der Waals surface area contributed by atoms with Crippen molar-refractivity contribution in [3.05, 3.63) is 71.8 Å². The molecule has 22 heteroatoms. The molecule has 270 valence electrons. The van der Waals surface area contributed by atoms with Crippen LogP contribution in [0.2, 0.25) is 0 Å². The Labute approximate surface area is 297 Å². The molecule has 1 aliphatic heterocycles. The van der Waals surface area contributed by atoms with Gasteiger partial charge in [-0.1, -0.05) is 12.1 Å². The zero-order valence-corrected chi connectivity index (χ0v) is 27.8. The van der Waals surface area contributed by atoms with E-state index in [0.717, 1.165) is 57.9 Å². The second kappa shape index (κ2) is 12.6. The fraction of sp³-hybridized carbons (Fsp3) is 0.133. The summed E-state index contributed by atoms with van der Waals surface area (Å²) in [6.07, 6.45) is -21.0. The fourth-order valence-corrected chi connectivity index (χ4v) is 8.43. The van der Waals surface area contributed by atoms with E-state index in [1.807, 2.05) is 0 Å². The van der Waals surface area contributed by atoms with Gasteiger partial charge in [0.2, 0.25) is 0 Å². The maximum Gasteiger partial charge on any atom is 0.573 e. The Hall–Kier alpha value is -4.54. The summed E-state index contributed by atoms with van der Waals surface area (Å²) in [6, 6.07) is 10.4. The molecule has 0 saturated heterocycles. The Morgan fingerprint density at radius 1 is 0.481 bits per heavy atom. The molecule has 0 amide bonds. The zero-order chi connectivity index (χ0) is 37.4. The highest BCUT2D eigenvalue weighted by atomic mass is 32.1. The molecule has 0 aliphatic carbocycles. The van der Waals surface area contributed by atoms with Gasteiger partial charge >= 0.3 is 25.1 Å². The molecule has 0 spiro atoms. The number of benzene rings is 3. The minimum absolute atomic E-state index is 0.00131. The summed E-state index contributed by atoms with van der Waals surface area (Å²) in [6.45, 7) is 0. The number of halogens is 12. The predicted molar refractivity (Wildman–Crippen MR) is 170 cm³/mol. The van der Waals surface area contributed by atoms with Gasteiger partial charge in [-0.3, -0.25) is 0 Å². The summed E-state index contributed by atoms with van der Waals surface area (Å²) in [4.78, 5) is 1.48. The van der Waals surface area contributed by atoms with Gasteiger partial charge in [-0.15, -0.1) is 49.0 Å². The van der Waals surface area contributed by atoms with Crippen molar-refractivity contribution in [1.82, 2.24) is 8.75 Å². The van der Waals surface area contributed by atoms with E-state index >= 15 is 0 Å². The van der Waals surface area contributed by atoms with Crippen molar-refractivity contribution in [3.8, 4) is 53.3 Å². The Morgan fingerprint density at radius 2 is 0.865 bits per heavy atom. The molecule has 0 saturated carbocycles. The third kappa shape index (κ3) is 6.98. The lowest BCUT2D eigenvalue weighted by atomic mass is 10.0. The molecule has 0 atom stereocenters. The van der Waals surface area contributed by atoms with Crippen molar-refractivity contribution in [2.45, 2.75) is 25.1 Å². The first-order valence-corrected chi connectivity index (χ1v) is 16.9. The minimum Gasteiger partial charge on any atom is -0.405 e. The maximum absolute atomic E-state index is 13.4. The number of nitrogens with zero attached hydrogens (tertiary/aromatic N) is 4. The maximum atomic E-state index is 13.4. The number of aromatic nitrogens is 2. The average Bonchev–Trinajstić information content (AvgIpc) is 3.84. The lowest BCUT2D eigenvalue weighted by Crippen LogP contribution is -2.20. The van der Waals surface area contributed by atoms with Crippen molar-refractivity contribution >= 4 is 68.2 Å². The highest BCUT2D eigenvalue weighted by molar-refractivity contribution is 7.58. The summed E-state index contributed by atoms with van der Waals surface area (Å²) >= 11 is 3.65. The zero-order valence-electron chi connectivity index (χ0n) is 24.5. The molecule has 0 N–H and O–H groups in total. The molecule has 7 rings (SSSR count). The van der Waals surface area contributed by atoms with Crippen molar-refractivity contribution in [2.75, 3.05) is 0 Å². The molecule has 3 aromatic heterocycles. The van der Waals surface area contributed by atoms with Crippen LogP contribution in [0.4, 0.5) is 64.1 Å². The summed E-state index contributed by atoms with van der Waals surface area (Å²) in [5.74, 6) is -2.85. The van der Waals surface area contributed by atoms with E-state index in [-0.39, 0.29) is 20.9 Å². The van der Waals surface area contributed by atoms with E-state index in [4.69, 9.17) is 0 Å².